The number of fused-ring (bicyclic) bond motifs is 5. The SMILES string of the molecule is COC(=O)OC1CC(O)CC2=CC=C3[C@@H]4CC[C@H](C(C)C=O)[C@@]4(C)CC[C@@H]3[C@]21C. The summed E-state index contributed by atoms with van der Waals surface area (Å²) in [5, 5.41) is 10.4. The molecule has 3 unspecified atom stereocenters. The molecular weight excluding hydrogens is 368 g/mol. The summed E-state index contributed by atoms with van der Waals surface area (Å²) >= 11 is 0. The highest BCUT2D eigenvalue weighted by Gasteiger charge is 2.59. The minimum Gasteiger partial charge on any atom is -0.438 e. The van der Waals surface area contributed by atoms with Crippen LogP contribution in [0, 0.1) is 34.5 Å². The molecule has 3 saturated carbocycles. The van der Waals surface area contributed by atoms with Crippen LogP contribution in [0.15, 0.2) is 23.3 Å². The van der Waals surface area contributed by atoms with Gasteiger partial charge in [0.05, 0.1) is 13.2 Å². The molecule has 3 fully saturated rings. The van der Waals surface area contributed by atoms with Crippen LogP contribution in [0.25, 0.3) is 0 Å². The van der Waals surface area contributed by atoms with Crippen molar-refractivity contribution < 1.29 is 24.2 Å². The maximum Gasteiger partial charge on any atom is 0.508 e. The van der Waals surface area contributed by atoms with Crippen molar-refractivity contribution in [3.8, 4) is 0 Å². The van der Waals surface area contributed by atoms with Gasteiger partial charge in [0.2, 0.25) is 0 Å². The summed E-state index contributed by atoms with van der Waals surface area (Å²) < 4.78 is 10.5. The number of rotatable bonds is 3. The number of hydrogen-bond donors (Lipinski definition) is 1. The van der Waals surface area contributed by atoms with Crippen molar-refractivity contribution >= 4 is 12.4 Å². The second-order valence-corrected chi connectivity index (χ2v) is 10.1. The second kappa shape index (κ2) is 7.26. The fourth-order valence-corrected chi connectivity index (χ4v) is 7.36. The minimum absolute atomic E-state index is 0.0904. The number of carbonyl (C=O) groups is 2. The molecule has 0 aromatic heterocycles. The van der Waals surface area contributed by atoms with E-state index in [4.69, 9.17) is 9.47 Å². The fourth-order valence-electron chi connectivity index (χ4n) is 7.36. The van der Waals surface area contributed by atoms with Crippen molar-refractivity contribution in [2.75, 3.05) is 7.11 Å². The third kappa shape index (κ3) is 2.99. The lowest BCUT2D eigenvalue weighted by Gasteiger charge is -2.56. The monoisotopic (exact) mass is 402 g/mol. The summed E-state index contributed by atoms with van der Waals surface area (Å²) in [5.41, 5.74) is 2.48. The maximum absolute atomic E-state index is 12.0. The fraction of sp³-hybridized carbons (Fsp3) is 0.750. The van der Waals surface area contributed by atoms with Crippen LogP contribution in [-0.4, -0.2) is 36.9 Å². The summed E-state index contributed by atoms with van der Waals surface area (Å²) in [5.74, 6) is 1.29. The number of aldehydes is 1. The van der Waals surface area contributed by atoms with Gasteiger partial charge in [0, 0.05) is 17.8 Å². The first-order valence-electron chi connectivity index (χ1n) is 11.0. The zero-order valence-electron chi connectivity index (χ0n) is 18.0. The molecule has 0 aromatic carbocycles. The van der Waals surface area contributed by atoms with Gasteiger partial charge in [-0.25, -0.2) is 4.79 Å². The molecule has 4 aliphatic carbocycles. The van der Waals surface area contributed by atoms with Crippen molar-refractivity contribution in [3.63, 3.8) is 0 Å². The van der Waals surface area contributed by atoms with E-state index in [1.807, 2.05) is 0 Å². The van der Waals surface area contributed by atoms with Crippen LogP contribution in [0.3, 0.4) is 0 Å². The molecule has 4 rings (SSSR count). The molecule has 0 saturated heterocycles. The van der Waals surface area contributed by atoms with E-state index in [2.05, 4.69) is 32.9 Å². The average molecular weight is 403 g/mol. The number of hydrogen-bond acceptors (Lipinski definition) is 5. The number of aliphatic hydroxyl groups is 1. The average Bonchev–Trinajstić information content (AvgIpc) is 3.05. The summed E-state index contributed by atoms with van der Waals surface area (Å²) in [7, 11) is 1.33. The van der Waals surface area contributed by atoms with Gasteiger partial charge in [-0.1, -0.05) is 44.1 Å². The number of aliphatic hydroxyl groups excluding tert-OH is 1. The molecule has 5 heteroatoms. The highest BCUT2D eigenvalue weighted by molar-refractivity contribution is 5.60. The van der Waals surface area contributed by atoms with E-state index in [1.165, 1.54) is 18.3 Å². The first kappa shape index (κ1) is 20.6. The van der Waals surface area contributed by atoms with E-state index < -0.39 is 18.4 Å². The largest absolute Gasteiger partial charge is 0.508 e. The smallest absolute Gasteiger partial charge is 0.438 e. The van der Waals surface area contributed by atoms with Crippen molar-refractivity contribution in [1.82, 2.24) is 0 Å². The molecule has 0 radical (unpaired) electrons. The Balaban J connectivity index is 1.70. The Morgan fingerprint density at radius 3 is 2.69 bits per heavy atom. The van der Waals surface area contributed by atoms with E-state index in [0.717, 1.165) is 32.0 Å². The van der Waals surface area contributed by atoms with Gasteiger partial charge in [-0.05, 0) is 55.3 Å². The van der Waals surface area contributed by atoms with Gasteiger partial charge in [-0.2, -0.15) is 0 Å². The van der Waals surface area contributed by atoms with E-state index in [1.54, 1.807) is 0 Å². The Kier molecular flexibility index (Phi) is 5.17. The highest BCUT2D eigenvalue weighted by Crippen LogP contribution is 2.66. The Bertz CT molecular complexity index is 754. The van der Waals surface area contributed by atoms with Gasteiger partial charge in [0.25, 0.3) is 0 Å². The van der Waals surface area contributed by atoms with E-state index in [-0.39, 0.29) is 16.7 Å². The number of carbonyl (C=O) groups excluding carboxylic acids is 2. The predicted molar refractivity (Wildman–Crippen MR) is 109 cm³/mol. The van der Waals surface area contributed by atoms with Crippen LogP contribution in [0.2, 0.25) is 0 Å². The number of allylic oxidation sites excluding steroid dienone is 3. The maximum atomic E-state index is 12.0. The van der Waals surface area contributed by atoms with Crippen LogP contribution in [0.1, 0.15) is 59.3 Å². The zero-order valence-corrected chi connectivity index (χ0v) is 18.0. The summed E-state index contributed by atoms with van der Waals surface area (Å²) in [6.45, 7) is 6.65. The Hall–Kier alpha value is -1.62. The van der Waals surface area contributed by atoms with Gasteiger partial charge >= 0.3 is 6.16 Å². The van der Waals surface area contributed by atoms with Crippen LogP contribution in [0.5, 0.6) is 0 Å². The third-order valence-electron chi connectivity index (χ3n) is 8.94. The first-order valence-corrected chi connectivity index (χ1v) is 11.0. The summed E-state index contributed by atoms with van der Waals surface area (Å²) in [4.78, 5) is 23.5. The Labute approximate surface area is 173 Å². The normalized spacial score (nSPS) is 44.4. The molecule has 0 amide bonds. The molecule has 29 heavy (non-hydrogen) atoms. The minimum atomic E-state index is -0.679. The number of methoxy groups -OCH3 is 1. The molecule has 160 valence electrons. The van der Waals surface area contributed by atoms with Crippen LogP contribution >= 0.6 is 0 Å². The quantitative estimate of drug-likeness (QED) is 0.558. The third-order valence-corrected chi connectivity index (χ3v) is 8.94. The first-order chi connectivity index (χ1) is 13.8. The molecule has 8 atom stereocenters. The van der Waals surface area contributed by atoms with Crippen molar-refractivity contribution in [2.24, 2.45) is 34.5 Å². The topological polar surface area (TPSA) is 72.8 Å². The highest BCUT2D eigenvalue weighted by atomic mass is 16.7. The summed E-state index contributed by atoms with van der Waals surface area (Å²) in [6, 6.07) is 0. The Morgan fingerprint density at radius 2 is 2.00 bits per heavy atom. The standard InChI is InChI=1S/C24H34O5/c1-14(13-25)18-7-8-19-17-6-5-15-11-16(26)12-21(29-22(27)28-4)24(15,3)20(17)9-10-23(18,19)2/h5-6,13-14,16,18-21,26H,7-12H2,1-4H3/t14?,16?,18-,19+,20+,21?,23-,24+/m1/s1. The van der Waals surface area contributed by atoms with Gasteiger partial charge in [-0.15, -0.1) is 0 Å². The van der Waals surface area contributed by atoms with Gasteiger partial charge in [0.1, 0.15) is 12.4 Å². The summed E-state index contributed by atoms with van der Waals surface area (Å²) in [6.07, 6.45) is 9.39. The van der Waals surface area contributed by atoms with E-state index in [9.17, 15) is 14.7 Å². The van der Waals surface area contributed by atoms with E-state index in [0.29, 0.717) is 30.6 Å². The lowest BCUT2D eigenvalue weighted by Crippen LogP contribution is -2.53. The molecule has 0 aromatic rings. The van der Waals surface area contributed by atoms with E-state index >= 15 is 0 Å². The van der Waals surface area contributed by atoms with Crippen LogP contribution in [0.4, 0.5) is 4.79 Å². The van der Waals surface area contributed by atoms with Crippen LogP contribution in [-0.2, 0) is 14.3 Å². The predicted octanol–water partition coefficient (Wildman–Crippen LogP) is 4.44. The van der Waals surface area contributed by atoms with Crippen molar-refractivity contribution in [3.05, 3.63) is 23.3 Å². The second-order valence-electron chi connectivity index (χ2n) is 10.1. The molecule has 5 nitrogen and oxygen atoms in total. The van der Waals surface area contributed by atoms with Crippen molar-refractivity contribution in [1.29, 1.82) is 0 Å². The lowest BCUT2D eigenvalue weighted by molar-refractivity contribution is -0.114. The van der Waals surface area contributed by atoms with Crippen molar-refractivity contribution in [2.45, 2.75) is 71.5 Å². The van der Waals surface area contributed by atoms with Gasteiger partial charge in [0.15, 0.2) is 0 Å². The molecule has 4 aliphatic rings. The lowest BCUT2D eigenvalue weighted by atomic mass is 9.49. The molecular formula is C24H34O5. The van der Waals surface area contributed by atoms with Gasteiger partial charge in [-0.3, -0.25) is 0 Å². The Morgan fingerprint density at radius 1 is 1.24 bits per heavy atom. The van der Waals surface area contributed by atoms with Gasteiger partial charge < -0.3 is 19.4 Å². The molecule has 0 bridgehead atoms. The molecule has 0 spiro atoms. The zero-order chi connectivity index (χ0) is 21.0. The molecule has 1 N–H and O–H groups in total. The van der Waals surface area contributed by atoms with Crippen LogP contribution < -0.4 is 0 Å². The molecule has 0 heterocycles. The number of ether oxygens (including phenoxy) is 2. The molecule has 0 aliphatic heterocycles.